The fourth-order valence-corrected chi connectivity index (χ4v) is 4.45. The Kier molecular flexibility index (Phi) is 6.25. The monoisotopic (exact) mass is 480 g/mol. The van der Waals surface area contributed by atoms with E-state index >= 15 is 0 Å². The summed E-state index contributed by atoms with van der Waals surface area (Å²) in [6.07, 6.45) is 1.97. The summed E-state index contributed by atoms with van der Waals surface area (Å²) >= 11 is 5.67. The predicted molar refractivity (Wildman–Crippen MR) is 127 cm³/mol. The molecular formula is C24H25FN6O2S. The van der Waals surface area contributed by atoms with E-state index in [1.807, 2.05) is 40.6 Å². The van der Waals surface area contributed by atoms with Crippen molar-refractivity contribution in [1.82, 2.24) is 29.4 Å². The van der Waals surface area contributed by atoms with Crippen LogP contribution in [0, 0.1) is 10.6 Å². The molecule has 1 fully saturated rings. The molecule has 2 aromatic heterocycles. The number of methoxy groups -OCH3 is 1. The smallest absolute Gasteiger partial charge is 0.231 e. The molecule has 0 aliphatic carbocycles. The van der Waals surface area contributed by atoms with Crippen LogP contribution in [-0.2, 0) is 13.7 Å². The van der Waals surface area contributed by atoms with Crippen molar-refractivity contribution in [3.8, 4) is 28.5 Å². The van der Waals surface area contributed by atoms with Crippen molar-refractivity contribution in [3.63, 3.8) is 0 Å². The van der Waals surface area contributed by atoms with Gasteiger partial charge in [0.05, 0.1) is 19.7 Å². The Hall–Kier alpha value is -3.37. The zero-order valence-corrected chi connectivity index (χ0v) is 19.8. The number of likely N-dealkylation sites (tertiary alicyclic amines) is 1. The summed E-state index contributed by atoms with van der Waals surface area (Å²) in [5, 5.41) is 8.89. The second-order valence-electron chi connectivity index (χ2n) is 8.41. The average molecular weight is 481 g/mol. The largest absolute Gasteiger partial charge is 0.497 e. The third-order valence-electron chi connectivity index (χ3n) is 6.12. The summed E-state index contributed by atoms with van der Waals surface area (Å²) in [6.45, 7) is 2.28. The molecule has 1 aliphatic rings. The molecule has 0 N–H and O–H groups in total. The Morgan fingerprint density at radius 3 is 2.59 bits per heavy atom. The molecule has 8 nitrogen and oxygen atoms in total. The summed E-state index contributed by atoms with van der Waals surface area (Å²) in [6, 6.07) is 13.9. The van der Waals surface area contributed by atoms with Gasteiger partial charge >= 0.3 is 0 Å². The number of hydrogen-bond acceptors (Lipinski definition) is 7. The zero-order chi connectivity index (χ0) is 23.7. The van der Waals surface area contributed by atoms with Gasteiger partial charge in [-0.15, -0.1) is 0 Å². The lowest BCUT2D eigenvalue weighted by Gasteiger charge is -2.30. The quantitative estimate of drug-likeness (QED) is 0.372. The molecular weight excluding hydrogens is 455 g/mol. The Morgan fingerprint density at radius 2 is 1.85 bits per heavy atom. The number of piperidine rings is 1. The van der Waals surface area contributed by atoms with Gasteiger partial charge in [-0.05, 0) is 80.1 Å². The number of hydrogen-bond donors (Lipinski definition) is 0. The molecule has 1 saturated heterocycles. The zero-order valence-electron chi connectivity index (χ0n) is 19.0. The van der Waals surface area contributed by atoms with Gasteiger partial charge in [-0.25, -0.2) is 9.07 Å². The van der Waals surface area contributed by atoms with Crippen molar-refractivity contribution >= 4 is 12.2 Å². The Morgan fingerprint density at radius 1 is 1.12 bits per heavy atom. The Labute approximate surface area is 201 Å². The van der Waals surface area contributed by atoms with Gasteiger partial charge in [0.15, 0.2) is 10.6 Å². The lowest BCUT2D eigenvalue weighted by atomic mass is 9.98. The van der Waals surface area contributed by atoms with Crippen LogP contribution in [0.5, 0.6) is 5.75 Å². The second-order valence-corrected chi connectivity index (χ2v) is 8.78. The summed E-state index contributed by atoms with van der Waals surface area (Å²) in [5.74, 6) is 2.51. The molecule has 0 bridgehead atoms. The van der Waals surface area contributed by atoms with Gasteiger partial charge in [-0.1, -0.05) is 5.16 Å². The van der Waals surface area contributed by atoms with Crippen molar-refractivity contribution < 1.29 is 13.7 Å². The number of aromatic nitrogens is 5. The van der Waals surface area contributed by atoms with Crippen LogP contribution in [-0.4, -0.2) is 49.6 Å². The van der Waals surface area contributed by atoms with E-state index in [2.05, 4.69) is 15.0 Å². The minimum absolute atomic E-state index is 0.120. The molecule has 0 saturated carbocycles. The number of nitrogens with zero attached hydrogens (tertiary/aromatic N) is 6. The minimum Gasteiger partial charge on any atom is -0.497 e. The van der Waals surface area contributed by atoms with Crippen molar-refractivity contribution in [1.29, 1.82) is 0 Å². The number of benzene rings is 2. The third-order valence-corrected chi connectivity index (χ3v) is 6.61. The topological polar surface area (TPSA) is 74.1 Å². The van der Waals surface area contributed by atoms with Crippen LogP contribution < -0.4 is 4.74 Å². The third kappa shape index (κ3) is 4.51. The van der Waals surface area contributed by atoms with Crippen LogP contribution in [0.1, 0.15) is 24.7 Å². The summed E-state index contributed by atoms with van der Waals surface area (Å²) in [7, 11) is 3.58. The van der Waals surface area contributed by atoms with E-state index in [0.717, 1.165) is 48.6 Å². The highest BCUT2D eigenvalue weighted by molar-refractivity contribution is 7.71. The normalized spacial score (nSPS) is 16.6. The van der Waals surface area contributed by atoms with E-state index in [1.165, 1.54) is 12.1 Å². The fourth-order valence-electron chi connectivity index (χ4n) is 4.26. The first kappa shape index (κ1) is 22.4. The molecule has 2 aromatic carbocycles. The molecule has 0 radical (unpaired) electrons. The molecule has 0 spiro atoms. The molecule has 1 atom stereocenters. The van der Waals surface area contributed by atoms with Crippen LogP contribution in [0.25, 0.3) is 22.8 Å². The molecule has 1 aliphatic heterocycles. The highest BCUT2D eigenvalue weighted by Crippen LogP contribution is 2.28. The number of rotatable bonds is 6. The van der Waals surface area contributed by atoms with Crippen LogP contribution in [0.3, 0.4) is 0 Å². The molecule has 1 unspecified atom stereocenters. The van der Waals surface area contributed by atoms with Gasteiger partial charge in [-0.2, -0.15) is 10.1 Å². The lowest BCUT2D eigenvalue weighted by molar-refractivity contribution is 0.143. The SMILES string of the molecule is COc1ccc(-c2nn(CN3CCCC(c4nc(-c5ccc(F)cc5)no4)C3)c(=S)n2C)cc1. The maximum absolute atomic E-state index is 13.2. The van der Waals surface area contributed by atoms with E-state index in [1.54, 1.807) is 19.2 Å². The van der Waals surface area contributed by atoms with Crippen LogP contribution >= 0.6 is 12.2 Å². The first-order chi connectivity index (χ1) is 16.5. The first-order valence-electron chi connectivity index (χ1n) is 11.1. The lowest BCUT2D eigenvalue weighted by Crippen LogP contribution is -2.36. The van der Waals surface area contributed by atoms with E-state index in [4.69, 9.17) is 26.6 Å². The van der Waals surface area contributed by atoms with Gasteiger partial charge in [-0.3, -0.25) is 4.90 Å². The van der Waals surface area contributed by atoms with Gasteiger partial charge in [0.2, 0.25) is 11.7 Å². The maximum atomic E-state index is 13.2. The van der Waals surface area contributed by atoms with E-state index in [9.17, 15) is 4.39 Å². The van der Waals surface area contributed by atoms with Gasteiger partial charge in [0.25, 0.3) is 0 Å². The Balaban J connectivity index is 1.30. The first-order valence-corrected chi connectivity index (χ1v) is 11.5. The van der Waals surface area contributed by atoms with Crippen molar-refractivity contribution in [2.45, 2.75) is 25.4 Å². The minimum atomic E-state index is -0.293. The van der Waals surface area contributed by atoms with Gasteiger partial charge in [0, 0.05) is 24.7 Å². The molecule has 10 heteroatoms. The molecule has 3 heterocycles. The molecule has 0 amide bonds. The number of ether oxygens (including phenoxy) is 1. The van der Waals surface area contributed by atoms with Crippen LogP contribution in [0.15, 0.2) is 53.1 Å². The molecule has 176 valence electrons. The highest BCUT2D eigenvalue weighted by atomic mass is 32.1. The summed E-state index contributed by atoms with van der Waals surface area (Å²) in [5.41, 5.74) is 1.71. The number of halogens is 1. The maximum Gasteiger partial charge on any atom is 0.231 e. The van der Waals surface area contributed by atoms with Gasteiger partial charge in [0.1, 0.15) is 11.6 Å². The summed E-state index contributed by atoms with van der Waals surface area (Å²) in [4.78, 5) is 6.88. The molecule has 34 heavy (non-hydrogen) atoms. The van der Waals surface area contributed by atoms with Crippen LogP contribution in [0.4, 0.5) is 4.39 Å². The van der Waals surface area contributed by atoms with Crippen LogP contribution in [0.2, 0.25) is 0 Å². The molecule has 5 rings (SSSR count). The van der Waals surface area contributed by atoms with E-state index in [0.29, 0.717) is 23.2 Å². The van der Waals surface area contributed by atoms with Crippen molar-refractivity contribution in [3.05, 3.63) is 65.0 Å². The van der Waals surface area contributed by atoms with Crippen molar-refractivity contribution in [2.75, 3.05) is 20.2 Å². The van der Waals surface area contributed by atoms with E-state index < -0.39 is 0 Å². The van der Waals surface area contributed by atoms with Gasteiger partial charge < -0.3 is 13.8 Å². The summed E-state index contributed by atoms with van der Waals surface area (Å²) < 4.78 is 28.5. The van der Waals surface area contributed by atoms with Crippen molar-refractivity contribution in [2.24, 2.45) is 7.05 Å². The standard InChI is InChI=1S/C24H25FN6O2S/c1-29-22(17-7-11-20(32-2)12-8-17)27-31(24(29)34)15-30-13-3-4-18(14-30)23-26-21(28-33-23)16-5-9-19(25)10-6-16/h5-12,18H,3-4,13-15H2,1-2H3. The fraction of sp³-hybridized carbons (Fsp3) is 0.333. The second kappa shape index (κ2) is 9.47. The van der Waals surface area contributed by atoms with E-state index in [-0.39, 0.29) is 11.7 Å². The Bertz CT molecular complexity index is 1330. The molecule has 4 aromatic rings. The average Bonchev–Trinajstić information content (AvgIpc) is 3.46. The predicted octanol–water partition coefficient (Wildman–Crippen LogP) is 4.65. The highest BCUT2D eigenvalue weighted by Gasteiger charge is 2.27.